The van der Waals surface area contributed by atoms with Crippen molar-refractivity contribution in [3.63, 3.8) is 0 Å². The second kappa shape index (κ2) is 11.8. The van der Waals surface area contributed by atoms with Crippen LogP contribution < -0.4 is 16.4 Å². The minimum Gasteiger partial charge on any atom is -0.508 e. The number of phenolic OH excluding ortho intramolecular Hbond substituents is 1. The number of hydrogen-bond donors (Lipinski definition) is 6. The first-order valence-electron chi connectivity index (χ1n) is 11.3. The van der Waals surface area contributed by atoms with E-state index in [-0.39, 0.29) is 24.6 Å². The Morgan fingerprint density at radius 1 is 1.12 bits per heavy atom. The molecule has 2 rings (SSSR count). The van der Waals surface area contributed by atoms with Crippen molar-refractivity contribution < 1.29 is 34.5 Å². The van der Waals surface area contributed by atoms with Crippen molar-refractivity contribution in [2.75, 3.05) is 6.54 Å². The van der Waals surface area contributed by atoms with Gasteiger partial charge in [-0.05, 0) is 43.4 Å². The molecule has 1 aliphatic heterocycles. The maximum Gasteiger partial charge on any atom is 0.326 e. The summed E-state index contributed by atoms with van der Waals surface area (Å²) in [7, 11) is 0. The summed E-state index contributed by atoms with van der Waals surface area (Å²) in [5.41, 5.74) is 6.28. The Bertz CT molecular complexity index is 888. The van der Waals surface area contributed by atoms with E-state index in [9.17, 15) is 34.5 Å². The molecule has 5 atom stereocenters. The van der Waals surface area contributed by atoms with E-state index >= 15 is 0 Å². The van der Waals surface area contributed by atoms with Gasteiger partial charge in [-0.3, -0.25) is 14.4 Å². The summed E-state index contributed by atoms with van der Waals surface area (Å²) in [6, 6.07) is 1.72. The van der Waals surface area contributed by atoms with Gasteiger partial charge in [0, 0.05) is 13.0 Å². The molecule has 11 heteroatoms. The Hall–Kier alpha value is -3.18. The molecule has 34 heavy (non-hydrogen) atoms. The molecule has 0 radical (unpaired) electrons. The topological polar surface area (TPSA) is 182 Å². The third kappa shape index (κ3) is 6.91. The van der Waals surface area contributed by atoms with Gasteiger partial charge in [-0.15, -0.1) is 0 Å². The van der Waals surface area contributed by atoms with Gasteiger partial charge in [0.15, 0.2) is 0 Å². The number of aromatic hydroxyl groups is 1. The van der Waals surface area contributed by atoms with Crippen molar-refractivity contribution in [3.05, 3.63) is 29.8 Å². The molecule has 1 aliphatic rings. The van der Waals surface area contributed by atoms with Crippen molar-refractivity contribution >= 4 is 23.7 Å². The molecule has 1 aromatic rings. The van der Waals surface area contributed by atoms with Crippen LogP contribution in [0.25, 0.3) is 0 Å². The second-order valence-electron chi connectivity index (χ2n) is 8.96. The number of aliphatic hydroxyl groups excluding tert-OH is 1. The first-order chi connectivity index (χ1) is 15.9. The summed E-state index contributed by atoms with van der Waals surface area (Å²) in [5.74, 6) is -3.24. The zero-order valence-electron chi connectivity index (χ0n) is 19.6. The molecule has 0 aliphatic carbocycles. The van der Waals surface area contributed by atoms with Crippen molar-refractivity contribution in [2.45, 2.75) is 70.3 Å². The molecule has 1 aromatic carbocycles. The SMILES string of the molecule is CC(C)C(NC(=O)C(N)C(C)O)C(=O)N1CCCC1C(=O)NC(Cc1ccc(O)cc1)C(=O)O. The van der Waals surface area contributed by atoms with Gasteiger partial charge < -0.3 is 36.6 Å². The molecular weight excluding hydrogens is 444 g/mol. The van der Waals surface area contributed by atoms with E-state index in [4.69, 9.17) is 5.73 Å². The van der Waals surface area contributed by atoms with Crippen LogP contribution in [0.2, 0.25) is 0 Å². The number of aliphatic hydroxyl groups is 1. The van der Waals surface area contributed by atoms with Gasteiger partial charge in [-0.2, -0.15) is 0 Å². The van der Waals surface area contributed by atoms with Crippen LogP contribution >= 0.6 is 0 Å². The first kappa shape index (κ1) is 27.1. The summed E-state index contributed by atoms with van der Waals surface area (Å²) in [6.07, 6.45) is -0.195. The fraction of sp³-hybridized carbons (Fsp3) is 0.565. The van der Waals surface area contributed by atoms with Gasteiger partial charge in [0.25, 0.3) is 0 Å². The molecule has 1 heterocycles. The lowest BCUT2D eigenvalue weighted by Gasteiger charge is -2.31. The summed E-state index contributed by atoms with van der Waals surface area (Å²) >= 11 is 0. The molecule has 1 saturated heterocycles. The number of benzene rings is 1. The Balaban J connectivity index is 2.12. The van der Waals surface area contributed by atoms with Gasteiger partial charge in [0.2, 0.25) is 17.7 Å². The highest BCUT2D eigenvalue weighted by molar-refractivity contribution is 5.94. The second-order valence-corrected chi connectivity index (χ2v) is 8.96. The predicted molar refractivity (Wildman–Crippen MR) is 123 cm³/mol. The third-order valence-electron chi connectivity index (χ3n) is 5.88. The molecule has 0 saturated carbocycles. The number of carboxylic acid groups (broad SMARTS) is 1. The van der Waals surface area contributed by atoms with Crippen molar-refractivity contribution in [1.82, 2.24) is 15.5 Å². The van der Waals surface area contributed by atoms with Crippen molar-refractivity contribution in [3.8, 4) is 5.75 Å². The lowest BCUT2D eigenvalue weighted by atomic mass is 10.0. The fourth-order valence-corrected chi connectivity index (χ4v) is 3.80. The van der Waals surface area contributed by atoms with Crippen LogP contribution in [0, 0.1) is 5.92 Å². The molecule has 0 spiro atoms. The summed E-state index contributed by atoms with van der Waals surface area (Å²) in [5, 5.41) is 33.6. The smallest absolute Gasteiger partial charge is 0.326 e. The minimum absolute atomic E-state index is 0.00390. The Morgan fingerprint density at radius 2 is 1.74 bits per heavy atom. The first-order valence-corrected chi connectivity index (χ1v) is 11.3. The maximum absolute atomic E-state index is 13.3. The number of aliphatic carboxylic acids is 1. The predicted octanol–water partition coefficient (Wildman–Crippen LogP) is -0.656. The normalized spacial score (nSPS) is 19.2. The molecule has 5 unspecified atom stereocenters. The largest absolute Gasteiger partial charge is 0.508 e. The average Bonchev–Trinajstić information content (AvgIpc) is 3.27. The van der Waals surface area contributed by atoms with E-state index in [0.29, 0.717) is 18.4 Å². The molecule has 11 nitrogen and oxygen atoms in total. The van der Waals surface area contributed by atoms with Crippen LogP contribution in [-0.4, -0.2) is 80.7 Å². The van der Waals surface area contributed by atoms with Crippen LogP contribution in [-0.2, 0) is 25.6 Å². The number of carbonyl (C=O) groups is 4. The van der Waals surface area contributed by atoms with E-state index in [1.165, 1.54) is 24.0 Å². The van der Waals surface area contributed by atoms with E-state index < -0.39 is 54.0 Å². The summed E-state index contributed by atoms with van der Waals surface area (Å²) < 4.78 is 0. The lowest BCUT2D eigenvalue weighted by molar-refractivity contribution is -0.145. The Morgan fingerprint density at radius 3 is 2.26 bits per heavy atom. The maximum atomic E-state index is 13.3. The number of amides is 3. The zero-order chi connectivity index (χ0) is 25.6. The number of nitrogens with one attached hydrogen (secondary N) is 2. The number of phenols is 1. The monoisotopic (exact) mass is 478 g/mol. The quantitative estimate of drug-likeness (QED) is 0.256. The van der Waals surface area contributed by atoms with Gasteiger partial charge in [-0.25, -0.2) is 4.79 Å². The molecule has 0 bridgehead atoms. The van der Waals surface area contributed by atoms with Gasteiger partial charge in [-0.1, -0.05) is 26.0 Å². The standard InChI is InChI=1S/C23H34N4O7/c1-12(2)19(26-21(31)18(24)13(3)28)22(32)27-10-4-5-17(27)20(30)25-16(23(33)34)11-14-6-8-15(29)9-7-14/h6-9,12-13,16-19,28-29H,4-5,10-11,24H2,1-3H3,(H,25,30)(H,26,31)(H,33,34). The van der Waals surface area contributed by atoms with Crippen LogP contribution in [0.1, 0.15) is 39.2 Å². The van der Waals surface area contributed by atoms with Crippen molar-refractivity contribution in [1.29, 1.82) is 0 Å². The number of nitrogens with zero attached hydrogens (tertiary/aromatic N) is 1. The third-order valence-corrected chi connectivity index (χ3v) is 5.88. The average molecular weight is 479 g/mol. The molecular formula is C23H34N4O7. The summed E-state index contributed by atoms with van der Waals surface area (Å²) in [4.78, 5) is 51.7. The number of likely N-dealkylation sites (tertiary alicyclic amines) is 1. The zero-order valence-corrected chi connectivity index (χ0v) is 19.6. The van der Waals surface area contributed by atoms with E-state index in [0.717, 1.165) is 0 Å². The highest BCUT2D eigenvalue weighted by atomic mass is 16.4. The van der Waals surface area contributed by atoms with Gasteiger partial charge in [0.1, 0.15) is 29.9 Å². The molecule has 1 fully saturated rings. The summed E-state index contributed by atoms with van der Waals surface area (Å²) in [6.45, 7) is 5.13. The number of rotatable bonds is 10. The Kier molecular flexibility index (Phi) is 9.39. The minimum atomic E-state index is -1.23. The molecule has 0 aromatic heterocycles. The van der Waals surface area contributed by atoms with Crippen LogP contribution in [0.4, 0.5) is 0 Å². The van der Waals surface area contributed by atoms with Crippen molar-refractivity contribution in [2.24, 2.45) is 11.7 Å². The highest BCUT2D eigenvalue weighted by Crippen LogP contribution is 2.21. The Labute approximate surface area is 198 Å². The van der Waals surface area contributed by atoms with E-state index in [2.05, 4.69) is 10.6 Å². The molecule has 7 N–H and O–H groups in total. The van der Waals surface area contributed by atoms with Crippen LogP contribution in [0.3, 0.4) is 0 Å². The lowest BCUT2D eigenvalue weighted by Crippen LogP contribution is -2.59. The van der Waals surface area contributed by atoms with E-state index in [1.807, 2.05) is 0 Å². The van der Waals surface area contributed by atoms with Crippen LogP contribution in [0.15, 0.2) is 24.3 Å². The van der Waals surface area contributed by atoms with Crippen LogP contribution in [0.5, 0.6) is 5.75 Å². The fourth-order valence-electron chi connectivity index (χ4n) is 3.80. The number of nitrogens with two attached hydrogens (primary N) is 1. The number of carboxylic acids is 1. The molecule has 3 amide bonds. The van der Waals surface area contributed by atoms with E-state index in [1.54, 1.807) is 26.0 Å². The van der Waals surface area contributed by atoms with Gasteiger partial charge >= 0.3 is 5.97 Å². The number of carbonyl (C=O) groups excluding carboxylic acids is 3. The van der Waals surface area contributed by atoms with Gasteiger partial charge in [0.05, 0.1) is 6.10 Å². The number of hydrogen-bond acceptors (Lipinski definition) is 7. The highest BCUT2D eigenvalue weighted by Gasteiger charge is 2.40. The molecule has 188 valence electrons.